The molecule has 0 bridgehead atoms. The maximum absolute atomic E-state index is 12.2. The standard InChI is InChI=1S/C16H17N3O2/c1-17-16(21)19-14-10-6-5-9-13(14)15(20)18-11-12-7-3-2-4-8-12/h2-10H,11H2,1H3,(H,18,20)(H2,17,19,21). The first-order valence-electron chi connectivity index (χ1n) is 6.60. The molecule has 0 saturated heterocycles. The van der Waals surface area contributed by atoms with E-state index >= 15 is 0 Å². The van der Waals surface area contributed by atoms with Crippen molar-refractivity contribution in [2.24, 2.45) is 0 Å². The highest BCUT2D eigenvalue weighted by atomic mass is 16.2. The Morgan fingerprint density at radius 2 is 1.62 bits per heavy atom. The van der Waals surface area contributed by atoms with Gasteiger partial charge in [0.1, 0.15) is 0 Å². The van der Waals surface area contributed by atoms with Crippen molar-refractivity contribution in [3.63, 3.8) is 0 Å². The lowest BCUT2D eigenvalue weighted by Gasteiger charge is -2.11. The summed E-state index contributed by atoms with van der Waals surface area (Å²) >= 11 is 0. The topological polar surface area (TPSA) is 70.2 Å². The van der Waals surface area contributed by atoms with Crippen molar-refractivity contribution in [3.8, 4) is 0 Å². The Kier molecular flexibility index (Phi) is 4.93. The third-order valence-electron chi connectivity index (χ3n) is 2.94. The fraction of sp³-hybridized carbons (Fsp3) is 0.125. The maximum Gasteiger partial charge on any atom is 0.318 e. The Morgan fingerprint density at radius 3 is 2.33 bits per heavy atom. The van der Waals surface area contributed by atoms with E-state index in [0.29, 0.717) is 17.8 Å². The molecule has 0 atom stereocenters. The molecular formula is C16H17N3O2. The molecular weight excluding hydrogens is 266 g/mol. The summed E-state index contributed by atoms with van der Waals surface area (Å²) < 4.78 is 0. The van der Waals surface area contributed by atoms with Crippen LogP contribution < -0.4 is 16.0 Å². The van der Waals surface area contributed by atoms with Crippen molar-refractivity contribution < 1.29 is 9.59 Å². The molecule has 2 aromatic carbocycles. The lowest BCUT2D eigenvalue weighted by Crippen LogP contribution is -2.28. The monoisotopic (exact) mass is 283 g/mol. The summed E-state index contributed by atoms with van der Waals surface area (Å²) in [5.41, 5.74) is 1.92. The second-order valence-electron chi connectivity index (χ2n) is 4.42. The second-order valence-corrected chi connectivity index (χ2v) is 4.42. The van der Waals surface area contributed by atoms with E-state index in [-0.39, 0.29) is 11.9 Å². The number of amides is 3. The SMILES string of the molecule is CNC(=O)Nc1ccccc1C(=O)NCc1ccccc1. The van der Waals surface area contributed by atoms with E-state index in [0.717, 1.165) is 5.56 Å². The molecule has 21 heavy (non-hydrogen) atoms. The summed E-state index contributed by atoms with van der Waals surface area (Å²) in [5.74, 6) is -0.231. The molecule has 0 saturated carbocycles. The van der Waals surface area contributed by atoms with Gasteiger partial charge in [0.25, 0.3) is 5.91 Å². The van der Waals surface area contributed by atoms with E-state index in [1.165, 1.54) is 7.05 Å². The fourth-order valence-corrected chi connectivity index (χ4v) is 1.85. The number of nitrogens with one attached hydrogen (secondary N) is 3. The minimum atomic E-state index is -0.363. The maximum atomic E-state index is 12.2. The van der Waals surface area contributed by atoms with Gasteiger partial charge >= 0.3 is 6.03 Å². The van der Waals surface area contributed by atoms with Gasteiger partial charge in [-0.2, -0.15) is 0 Å². The van der Waals surface area contributed by atoms with Crippen molar-refractivity contribution in [1.29, 1.82) is 0 Å². The smallest absolute Gasteiger partial charge is 0.318 e. The van der Waals surface area contributed by atoms with E-state index in [1.54, 1.807) is 24.3 Å². The van der Waals surface area contributed by atoms with Gasteiger partial charge in [0.15, 0.2) is 0 Å². The first-order valence-corrected chi connectivity index (χ1v) is 6.60. The number of carbonyl (C=O) groups excluding carboxylic acids is 2. The van der Waals surface area contributed by atoms with Gasteiger partial charge in [-0.3, -0.25) is 4.79 Å². The van der Waals surface area contributed by atoms with Crippen molar-refractivity contribution in [1.82, 2.24) is 10.6 Å². The van der Waals surface area contributed by atoms with Gasteiger partial charge in [-0.1, -0.05) is 42.5 Å². The zero-order chi connectivity index (χ0) is 15.1. The summed E-state index contributed by atoms with van der Waals surface area (Å²) in [5, 5.41) is 7.92. The average Bonchev–Trinajstić information content (AvgIpc) is 2.54. The van der Waals surface area contributed by atoms with Crippen molar-refractivity contribution in [2.75, 3.05) is 12.4 Å². The number of hydrogen-bond acceptors (Lipinski definition) is 2. The Bertz CT molecular complexity index is 626. The molecule has 0 fully saturated rings. The van der Waals surface area contributed by atoms with E-state index in [4.69, 9.17) is 0 Å². The number of hydrogen-bond donors (Lipinski definition) is 3. The molecule has 5 heteroatoms. The molecule has 0 aliphatic rings. The third-order valence-corrected chi connectivity index (χ3v) is 2.94. The number of carbonyl (C=O) groups is 2. The Balaban J connectivity index is 2.07. The van der Waals surface area contributed by atoms with Gasteiger partial charge in [0, 0.05) is 13.6 Å². The van der Waals surface area contributed by atoms with E-state index < -0.39 is 0 Å². The van der Waals surface area contributed by atoms with Crippen LogP contribution in [0.15, 0.2) is 54.6 Å². The lowest BCUT2D eigenvalue weighted by atomic mass is 10.1. The Hall–Kier alpha value is -2.82. The molecule has 0 heterocycles. The lowest BCUT2D eigenvalue weighted by molar-refractivity contribution is 0.0952. The molecule has 2 rings (SSSR count). The first-order chi connectivity index (χ1) is 10.2. The van der Waals surface area contributed by atoms with Crippen LogP contribution in [0.5, 0.6) is 0 Å². The average molecular weight is 283 g/mol. The normalized spacial score (nSPS) is 9.76. The van der Waals surface area contributed by atoms with Gasteiger partial charge in [-0.25, -0.2) is 4.79 Å². The summed E-state index contributed by atoms with van der Waals surface area (Å²) in [7, 11) is 1.52. The van der Waals surface area contributed by atoms with Crippen molar-refractivity contribution in [2.45, 2.75) is 6.54 Å². The molecule has 2 aromatic rings. The van der Waals surface area contributed by atoms with E-state index in [1.807, 2.05) is 30.3 Å². The van der Waals surface area contributed by atoms with Crippen LogP contribution in [0.1, 0.15) is 15.9 Å². The molecule has 0 aliphatic heterocycles. The molecule has 3 N–H and O–H groups in total. The highest BCUT2D eigenvalue weighted by Crippen LogP contribution is 2.15. The molecule has 0 unspecified atom stereocenters. The summed E-state index contributed by atoms with van der Waals surface area (Å²) in [6.45, 7) is 0.438. The summed E-state index contributed by atoms with van der Waals surface area (Å²) in [4.78, 5) is 23.6. The zero-order valence-electron chi connectivity index (χ0n) is 11.7. The van der Waals surface area contributed by atoms with Crippen molar-refractivity contribution >= 4 is 17.6 Å². The van der Waals surface area contributed by atoms with Crippen LogP contribution in [0, 0.1) is 0 Å². The van der Waals surface area contributed by atoms with Crippen LogP contribution in [0.3, 0.4) is 0 Å². The number of benzene rings is 2. The number of para-hydroxylation sites is 1. The molecule has 0 spiro atoms. The highest BCUT2D eigenvalue weighted by molar-refractivity contribution is 6.03. The van der Waals surface area contributed by atoms with Crippen LogP contribution in [-0.4, -0.2) is 19.0 Å². The van der Waals surface area contributed by atoms with Gasteiger partial charge < -0.3 is 16.0 Å². The summed E-state index contributed by atoms with van der Waals surface area (Å²) in [6, 6.07) is 16.2. The van der Waals surface area contributed by atoms with Gasteiger partial charge in [-0.15, -0.1) is 0 Å². The predicted octanol–water partition coefficient (Wildman–Crippen LogP) is 2.37. The Labute approximate surface area is 123 Å². The third kappa shape index (κ3) is 4.07. The van der Waals surface area contributed by atoms with Crippen molar-refractivity contribution in [3.05, 3.63) is 65.7 Å². The van der Waals surface area contributed by atoms with Crippen LogP contribution >= 0.6 is 0 Å². The first kappa shape index (κ1) is 14.6. The van der Waals surface area contributed by atoms with E-state index in [9.17, 15) is 9.59 Å². The number of urea groups is 1. The van der Waals surface area contributed by atoms with Crippen LogP contribution in [-0.2, 0) is 6.54 Å². The number of anilines is 1. The largest absolute Gasteiger partial charge is 0.348 e. The predicted molar refractivity (Wildman–Crippen MR) is 82.1 cm³/mol. The summed E-state index contributed by atoms with van der Waals surface area (Å²) in [6.07, 6.45) is 0. The van der Waals surface area contributed by atoms with Crippen LogP contribution in [0.25, 0.3) is 0 Å². The molecule has 108 valence electrons. The highest BCUT2D eigenvalue weighted by Gasteiger charge is 2.12. The minimum Gasteiger partial charge on any atom is -0.348 e. The fourth-order valence-electron chi connectivity index (χ4n) is 1.85. The van der Waals surface area contributed by atoms with E-state index in [2.05, 4.69) is 16.0 Å². The van der Waals surface area contributed by atoms with Gasteiger partial charge in [0.05, 0.1) is 11.3 Å². The minimum absolute atomic E-state index is 0.231. The van der Waals surface area contributed by atoms with Crippen LogP contribution in [0.2, 0.25) is 0 Å². The second kappa shape index (κ2) is 7.09. The zero-order valence-corrected chi connectivity index (χ0v) is 11.7. The Morgan fingerprint density at radius 1 is 0.952 bits per heavy atom. The van der Waals surface area contributed by atoms with Gasteiger partial charge in [-0.05, 0) is 17.7 Å². The van der Waals surface area contributed by atoms with Crippen LogP contribution in [0.4, 0.5) is 10.5 Å². The molecule has 0 aromatic heterocycles. The molecule has 3 amide bonds. The molecule has 0 aliphatic carbocycles. The van der Waals surface area contributed by atoms with Gasteiger partial charge in [0.2, 0.25) is 0 Å². The number of rotatable bonds is 4. The molecule has 0 radical (unpaired) electrons. The molecule has 5 nitrogen and oxygen atoms in total. The quantitative estimate of drug-likeness (QED) is 0.806.